The lowest BCUT2D eigenvalue weighted by Gasteiger charge is -2.11. The molecule has 0 N–H and O–H groups in total. The van der Waals surface area contributed by atoms with E-state index in [4.69, 9.17) is 0 Å². The van der Waals surface area contributed by atoms with Crippen molar-refractivity contribution < 1.29 is 0 Å². The van der Waals surface area contributed by atoms with Gasteiger partial charge in [-0.25, -0.2) is 0 Å². The van der Waals surface area contributed by atoms with Crippen molar-refractivity contribution in [1.82, 2.24) is 0 Å². The molecule has 0 atom stereocenters. The second-order valence-corrected chi connectivity index (χ2v) is 4.18. The Morgan fingerprint density at radius 3 is 2.50 bits per heavy atom. The van der Waals surface area contributed by atoms with E-state index >= 15 is 0 Å². The first kappa shape index (κ1) is 11.0. The lowest BCUT2D eigenvalue weighted by atomic mass is 9.95. The summed E-state index contributed by atoms with van der Waals surface area (Å²) in [7, 11) is 0. The molecule has 0 aliphatic carbocycles. The molecular weight excluding hydrogens is 168 g/mol. The van der Waals surface area contributed by atoms with Gasteiger partial charge in [0.2, 0.25) is 0 Å². The lowest BCUT2D eigenvalue weighted by molar-refractivity contribution is 0.643. The minimum absolute atomic E-state index is 0.731. The van der Waals surface area contributed by atoms with Gasteiger partial charge in [-0.2, -0.15) is 0 Å². The maximum atomic E-state index is 3.80. The number of rotatable bonds is 4. The van der Waals surface area contributed by atoms with Crippen LogP contribution in [0.3, 0.4) is 0 Å². The predicted octanol–water partition coefficient (Wildman–Crippen LogP) is 4.09. The first-order valence-electron chi connectivity index (χ1n) is 5.41. The van der Waals surface area contributed by atoms with Crippen LogP contribution < -0.4 is 0 Å². The molecule has 0 radical (unpaired) electrons. The van der Waals surface area contributed by atoms with Crippen molar-refractivity contribution in [1.29, 1.82) is 0 Å². The van der Waals surface area contributed by atoms with Gasteiger partial charge in [-0.3, -0.25) is 0 Å². The van der Waals surface area contributed by atoms with Crippen LogP contribution in [-0.2, 0) is 12.8 Å². The first-order chi connectivity index (χ1) is 6.67. The lowest BCUT2D eigenvalue weighted by Crippen LogP contribution is -1.99. The van der Waals surface area contributed by atoms with E-state index in [1.165, 1.54) is 23.1 Å². The van der Waals surface area contributed by atoms with E-state index in [2.05, 4.69) is 45.5 Å². The fraction of sp³-hybridized carbons (Fsp3) is 0.429. The molecule has 0 amide bonds. The van der Waals surface area contributed by atoms with Gasteiger partial charge < -0.3 is 0 Å². The van der Waals surface area contributed by atoms with Crippen LogP contribution in [0.1, 0.15) is 37.5 Å². The zero-order chi connectivity index (χ0) is 10.6. The van der Waals surface area contributed by atoms with Gasteiger partial charge in [0.25, 0.3) is 0 Å². The molecule has 0 fully saturated rings. The maximum absolute atomic E-state index is 3.80. The Bertz CT molecular complexity index is 308. The highest BCUT2D eigenvalue weighted by Crippen LogP contribution is 2.17. The quantitative estimate of drug-likeness (QED) is 0.667. The Morgan fingerprint density at radius 2 is 2.00 bits per heavy atom. The SMILES string of the molecule is C=Cc1ccc(CC(C)C)c(CC)c1. The number of benzene rings is 1. The normalized spacial score (nSPS) is 10.6. The summed E-state index contributed by atoms with van der Waals surface area (Å²) in [6.45, 7) is 10.5. The van der Waals surface area contributed by atoms with E-state index in [1.807, 2.05) is 6.08 Å². The van der Waals surface area contributed by atoms with Gasteiger partial charge in [-0.05, 0) is 35.4 Å². The van der Waals surface area contributed by atoms with E-state index in [9.17, 15) is 0 Å². The van der Waals surface area contributed by atoms with Gasteiger partial charge in [-0.1, -0.05) is 51.6 Å². The van der Waals surface area contributed by atoms with Gasteiger partial charge in [0.05, 0.1) is 0 Å². The van der Waals surface area contributed by atoms with E-state index < -0.39 is 0 Å². The molecule has 76 valence electrons. The molecule has 0 aliphatic rings. The molecular formula is C14H20. The molecule has 14 heavy (non-hydrogen) atoms. The molecule has 0 saturated carbocycles. The van der Waals surface area contributed by atoms with Gasteiger partial charge >= 0.3 is 0 Å². The summed E-state index contributed by atoms with van der Waals surface area (Å²) in [5, 5.41) is 0. The molecule has 0 bridgehead atoms. The van der Waals surface area contributed by atoms with Gasteiger partial charge in [0.15, 0.2) is 0 Å². The minimum atomic E-state index is 0.731. The smallest absolute Gasteiger partial charge is 0.0253 e. The number of hydrogen-bond donors (Lipinski definition) is 0. The maximum Gasteiger partial charge on any atom is -0.0253 e. The summed E-state index contributed by atoms with van der Waals surface area (Å²) in [5.74, 6) is 0.731. The van der Waals surface area contributed by atoms with Crippen molar-refractivity contribution >= 4 is 6.08 Å². The summed E-state index contributed by atoms with van der Waals surface area (Å²) in [6.07, 6.45) is 4.21. The summed E-state index contributed by atoms with van der Waals surface area (Å²) in [6, 6.07) is 6.66. The Morgan fingerprint density at radius 1 is 1.29 bits per heavy atom. The summed E-state index contributed by atoms with van der Waals surface area (Å²) in [4.78, 5) is 0. The fourth-order valence-electron chi connectivity index (χ4n) is 1.74. The standard InChI is InChI=1S/C14H20/c1-5-12-7-8-14(9-11(3)4)13(6-2)10-12/h5,7-8,10-11H,1,6,9H2,2-4H3. The van der Waals surface area contributed by atoms with E-state index in [0.717, 1.165) is 12.3 Å². The van der Waals surface area contributed by atoms with Crippen LogP contribution in [0.2, 0.25) is 0 Å². The van der Waals surface area contributed by atoms with Crippen LogP contribution in [0.15, 0.2) is 24.8 Å². The zero-order valence-electron chi connectivity index (χ0n) is 9.51. The number of hydrogen-bond acceptors (Lipinski definition) is 0. The topological polar surface area (TPSA) is 0 Å². The molecule has 0 heterocycles. The third-order valence-electron chi connectivity index (χ3n) is 2.48. The molecule has 1 rings (SSSR count). The molecule has 0 unspecified atom stereocenters. The van der Waals surface area contributed by atoms with E-state index in [0.29, 0.717) is 0 Å². The Labute approximate surface area is 87.7 Å². The van der Waals surface area contributed by atoms with Crippen LogP contribution in [0.5, 0.6) is 0 Å². The van der Waals surface area contributed by atoms with Gasteiger partial charge in [0, 0.05) is 0 Å². The molecule has 0 heteroatoms. The molecule has 0 aliphatic heterocycles. The predicted molar refractivity (Wildman–Crippen MR) is 64.5 cm³/mol. The molecule has 0 spiro atoms. The highest BCUT2D eigenvalue weighted by molar-refractivity contribution is 5.50. The Kier molecular flexibility index (Phi) is 3.94. The van der Waals surface area contributed by atoms with Crippen LogP contribution >= 0.6 is 0 Å². The third-order valence-corrected chi connectivity index (χ3v) is 2.48. The van der Waals surface area contributed by atoms with E-state index in [-0.39, 0.29) is 0 Å². The fourth-order valence-corrected chi connectivity index (χ4v) is 1.74. The van der Waals surface area contributed by atoms with Crippen molar-refractivity contribution in [3.63, 3.8) is 0 Å². The second-order valence-electron chi connectivity index (χ2n) is 4.18. The zero-order valence-corrected chi connectivity index (χ0v) is 9.51. The van der Waals surface area contributed by atoms with Gasteiger partial charge in [0.1, 0.15) is 0 Å². The van der Waals surface area contributed by atoms with Crippen LogP contribution in [-0.4, -0.2) is 0 Å². The average Bonchev–Trinajstić information content (AvgIpc) is 2.17. The monoisotopic (exact) mass is 188 g/mol. The van der Waals surface area contributed by atoms with Crippen molar-refractivity contribution in [2.24, 2.45) is 5.92 Å². The average molecular weight is 188 g/mol. The molecule has 1 aromatic carbocycles. The highest BCUT2D eigenvalue weighted by Gasteiger charge is 2.03. The Balaban J connectivity index is 2.98. The van der Waals surface area contributed by atoms with Crippen molar-refractivity contribution in [3.8, 4) is 0 Å². The van der Waals surface area contributed by atoms with Gasteiger partial charge in [-0.15, -0.1) is 0 Å². The van der Waals surface area contributed by atoms with Crippen LogP contribution in [0.4, 0.5) is 0 Å². The molecule has 0 saturated heterocycles. The molecule has 0 aromatic heterocycles. The highest BCUT2D eigenvalue weighted by atomic mass is 14.1. The number of aryl methyl sites for hydroxylation is 1. The molecule has 0 nitrogen and oxygen atoms in total. The summed E-state index contributed by atoms with van der Waals surface area (Å²) >= 11 is 0. The van der Waals surface area contributed by atoms with Crippen LogP contribution in [0.25, 0.3) is 6.08 Å². The van der Waals surface area contributed by atoms with Crippen molar-refractivity contribution in [2.45, 2.75) is 33.6 Å². The van der Waals surface area contributed by atoms with Crippen molar-refractivity contribution in [3.05, 3.63) is 41.5 Å². The summed E-state index contributed by atoms with van der Waals surface area (Å²) in [5.41, 5.74) is 4.19. The molecule has 1 aromatic rings. The minimum Gasteiger partial charge on any atom is -0.0985 e. The largest absolute Gasteiger partial charge is 0.0985 e. The Hall–Kier alpha value is -1.04. The summed E-state index contributed by atoms with van der Waals surface area (Å²) < 4.78 is 0. The van der Waals surface area contributed by atoms with E-state index in [1.54, 1.807) is 0 Å². The second kappa shape index (κ2) is 4.99. The van der Waals surface area contributed by atoms with Crippen molar-refractivity contribution in [2.75, 3.05) is 0 Å². The first-order valence-corrected chi connectivity index (χ1v) is 5.41. The van der Waals surface area contributed by atoms with Crippen LogP contribution in [0, 0.1) is 5.92 Å². The third kappa shape index (κ3) is 2.73.